The number of hydrogen-bond donors (Lipinski definition) is 1. The second-order valence-corrected chi connectivity index (χ2v) is 4.70. The molecule has 0 bridgehead atoms. The Bertz CT molecular complexity index is 341. The highest BCUT2D eigenvalue weighted by Crippen LogP contribution is 2.20. The van der Waals surface area contributed by atoms with Crippen LogP contribution in [0.3, 0.4) is 0 Å². The van der Waals surface area contributed by atoms with Crippen molar-refractivity contribution >= 4 is 0 Å². The molecule has 0 aliphatic carbocycles. The van der Waals surface area contributed by atoms with Gasteiger partial charge in [-0.3, -0.25) is 4.68 Å². The molecular weight excluding hydrogens is 210 g/mol. The van der Waals surface area contributed by atoms with E-state index in [1.807, 2.05) is 0 Å². The SMILES string of the molecule is CCCC(CNCC)n1nc(C)c(CC)c1C. The molecule has 0 saturated carbocycles. The van der Waals surface area contributed by atoms with Gasteiger partial charge in [0.2, 0.25) is 0 Å². The molecule has 0 spiro atoms. The third-order valence-electron chi connectivity index (χ3n) is 3.43. The Balaban J connectivity index is 2.92. The Kier molecular flexibility index (Phi) is 5.69. The molecule has 3 heteroatoms. The molecule has 1 heterocycles. The summed E-state index contributed by atoms with van der Waals surface area (Å²) >= 11 is 0. The van der Waals surface area contributed by atoms with Gasteiger partial charge in [-0.2, -0.15) is 5.10 Å². The zero-order valence-corrected chi connectivity index (χ0v) is 12.0. The molecule has 1 aromatic heterocycles. The van der Waals surface area contributed by atoms with Gasteiger partial charge in [0.15, 0.2) is 0 Å². The molecule has 17 heavy (non-hydrogen) atoms. The molecule has 0 aliphatic heterocycles. The fourth-order valence-electron chi connectivity index (χ4n) is 2.52. The maximum absolute atomic E-state index is 4.73. The van der Waals surface area contributed by atoms with Crippen LogP contribution in [0, 0.1) is 13.8 Å². The standard InChI is InChI=1S/C14H27N3/c1-6-9-13(10-15-8-3)17-12(5)14(7-2)11(4)16-17/h13,15H,6-10H2,1-5H3. The summed E-state index contributed by atoms with van der Waals surface area (Å²) in [7, 11) is 0. The van der Waals surface area contributed by atoms with Crippen LogP contribution < -0.4 is 5.32 Å². The lowest BCUT2D eigenvalue weighted by Gasteiger charge is -2.19. The smallest absolute Gasteiger partial charge is 0.0646 e. The average Bonchev–Trinajstić information content (AvgIpc) is 2.60. The molecule has 1 rings (SSSR count). The summed E-state index contributed by atoms with van der Waals surface area (Å²) in [6.45, 7) is 13.0. The minimum absolute atomic E-state index is 0.499. The zero-order valence-electron chi connectivity index (χ0n) is 12.0. The van der Waals surface area contributed by atoms with Crippen molar-refractivity contribution in [3.63, 3.8) is 0 Å². The first-order chi connectivity index (χ1) is 8.15. The van der Waals surface area contributed by atoms with E-state index in [0.29, 0.717) is 6.04 Å². The minimum Gasteiger partial charge on any atom is -0.315 e. The van der Waals surface area contributed by atoms with Crippen LogP contribution in [0.5, 0.6) is 0 Å². The van der Waals surface area contributed by atoms with E-state index in [0.717, 1.165) is 19.5 Å². The molecule has 1 unspecified atom stereocenters. The van der Waals surface area contributed by atoms with E-state index in [9.17, 15) is 0 Å². The lowest BCUT2D eigenvalue weighted by atomic mass is 10.1. The summed E-state index contributed by atoms with van der Waals surface area (Å²) in [6, 6.07) is 0.499. The lowest BCUT2D eigenvalue weighted by molar-refractivity contribution is 0.391. The van der Waals surface area contributed by atoms with Crippen molar-refractivity contribution in [1.29, 1.82) is 0 Å². The van der Waals surface area contributed by atoms with Crippen LogP contribution in [0.2, 0.25) is 0 Å². The molecular formula is C14H27N3. The van der Waals surface area contributed by atoms with Crippen LogP contribution in [-0.4, -0.2) is 22.9 Å². The first kappa shape index (κ1) is 14.2. The highest BCUT2D eigenvalue weighted by Gasteiger charge is 2.16. The summed E-state index contributed by atoms with van der Waals surface area (Å²) in [5.74, 6) is 0. The van der Waals surface area contributed by atoms with Crippen LogP contribution in [0.4, 0.5) is 0 Å². The maximum atomic E-state index is 4.73. The van der Waals surface area contributed by atoms with E-state index >= 15 is 0 Å². The minimum atomic E-state index is 0.499. The molecule has 0 aromatic carbocycles. The van der Waals surface area contributed by atoms with Gasteiger partial charge < -0.3 is 5.32 Å². The fourth-order valence-corrected chi connectivity index (χ4v) is 2.52. The highest BCUT2D eigenvalue weighted by molar-refractivity contribution is 5.24. The molecule has 1 atom stereocenters. The van der Waals surface area contributed by atoms with Crippen molar-refractivity contribution in [2.45, 2.75) is 59.9 Å². The Morgan fingerprint density at radius 2 is 1.94 bits per heavy atom. The summed E-state index contributed by atoms with van der Waals surface area (Å²) in [4.78, 5) is 0. The van der Waals surface area contributed by atoms with Gasteiger partial charge >= 0.3 is 0 Å². The Morgan fingerprint density at radius 1 is 1.24 bits per heavy atom. The molecule has 0 radical (unpaired) electrons. The van der Waals surface area contributed by atoms with Crippen LogP contribution in [0.25, 0.3) is 0 Å². The summed E-state index contributed by atoms with van der Waals surface area (Å²) < 4.78 is 2.24. The number of likely N-dealkylation sites (N-methyl/N-ethyl adjacent to an activating group) is 1. The van der Waals surface area contributed by atoms with Crippen LogP contribution in [0.1, 0.15) is 56.6 Å². The quantitative estimate of drug-likeness (QED) is 0.790. The van der Waals surface area contributed by atoms with Gasteiger partial charge in [0, 0.05) is 12.2 Å². The van der Waals surface area contributed by atoms with Gasteiger partial charge in [0.25, 0.3) is 0 Å². The number of hydrogen-bond acceptors (Lipinski definition) is 2. The average molecular weight is 237 g/mol. The van der Waals surface area contributed by atoms with Crippen molar-refractivity contribution in [2.24, 2.45) is 0 Å². The van der Waals surface area contributed by atoms with Crippen molar-refractivity contribution < 1.29 is 0 Å². The van der Waals surface area contributed by atoms with E-state index in [2.05, 4.69) is 44.6 Å². The number of nitrogens with zero attached hydrogens (tertiary/aromatic N) is 2. The van der Waals surface area contributed by atoms with Gasteiger partial charge in [-0.25, -0.2) is 0 Å². The first-order valence-corrected chi connectivity index (χ1v) is 6.90. The number of rotatable bonds is 7. The number of aromatic nitrogens is 2. The van der Waals surface area contributed by atoms with E-state index in [-0.39, 0.29) is 0 Å². The number of aryl methyl sites for hydroxylation is 1. The Hall–Kier alpha value is -0.830. The largest absolute Gasteiger partial charge is 0.315 e. The molecule has 1 aromatic rings. The predicted octanol–water partition coefficient (Wildman–Crippen LogP) is 3.01. The second-order valence-electron chi connectivity index (χ2n) is 4.70. The molecule has 0 fully saturated rings. The second kappa shape index (κ2) is 6.80. The Morgan fingerprint density at radius 3 is 2.41 bits per heavy atom. The van der Waals surface area contributed by atoms with Gasteiger partial charge in [0.1, 0.15) is 0 Å². The Labute approximate surface area is 106 Å². The van der Waals surface area contributed by atoms with E-state index < -0.39 is 0 Å². The highest BCUT2D eigenvalue weighted by atomic mass is 15.3. The molecule has 3 nitrogen and oxygen atoms in total. The molecule has 98 valence electrons. The van der Waals surface area contributed by atoms with Crippen LogP contribution in [0.15, 0.2) is 0 Å². The zero-order chi connectivity index (χ0) is 12.8. The van der Waals surface area contributed by atoms with Crippen molar-refractivity contribution in [3.05, 3.63) is 17.0 Å². The third kappa shape index (κ3) is 3.32. The topological polar surface area (TPSA) is 29.9 Å². The van der Waals surface area contributed by atoms with Crippen molar-refractivity contribution in [1.82, 2.24) is 15.1 Å². The van der Waals surface area contributed by atoms with Gasteiger partial charge in [-0.1, -0.05) is 27.2 Å². The molecule has 0 aliphatic rings. The monoisotopic (exact) mass is 237 g/mol. The van der Waals surface area contributed by atoms with Crippen LogP contribution >= 0.6 is 0 Å². The molecule has 1 N–H and O–H groups in total. The maximum Gasteiger partial charge on any atom is 0.0646 e. The number of nitrogens with one attached hydrogen (secondary N) is 1. The van der Waals surface area contributed by atoms with E-state index in [4.69, 9.17) is 5.10 Å². The normalized spacial score (nSPS) is 13.0. The molecule has 0 amide bonds. The van der Waals surface area contributed by atoms with Gasteiger partial charge in [-0.15, -0.1) is 0 Å². The van der Waals surface area contributed by atoms with Crippen LogP contribution in [-0.2, 0) is 6.42 Å². The van der Waals surface area contributed by atoms with Gasteiger partial charge in [-0.05, 0) is 38.8 Å². The summed E-state index contributed by atoms with van der Waals surface area (Å²) in [5, 5.41) is 8.17. The van der Waals surface area contributed by atoms with Crippen molar-refractivity contribution in [2.75, 3.05) is 13.1 Å². The van der Waals surface area contributed by atoms with Crippen molar-refractivity contribution in [3.8, 4) is 0 Å². The van der Waals surface area contributed by atoms with E-state index in [1.54, 1.807) is 0 Å². The summed E-state index contributed by atoms with van der Waals surface area (Å²) in [5.41, 5.74) is 3.96. The molecule has 0 saturated heterocycles. The van der Waals surface area contributed by atoms with E-state index in [1.165, 1.54) is 29.8 Å². The predicted molar refractivity (Wildman–Crippen MR) is 73.6 cm³/mol. The summed E-state index contributed by atoms with van der Waals surface area (Å²) in [6.07, 6.45) is 3.48. The third-order valence-corrected chi connectivity index (χ3v) is 3.43. The first-order valence-electron chi connectivity index (χ1n) is 6.90. The fraction of sp³-hybridized carbons (Fsp3) is 0.786. The van der Waals surface area contributed by atoms with Gasteiger partial charge in [0.05, 0.1) is 11.7 Å². The lowest BCUT2D eigenvalue weighted by Crippen LogP contribution is -2.26.